The van der Waals surface area contributed by atoms with Crippen LogP contribution in [0, 0.1) is 0 Å². The van der Waals surface area contributed by atoms with Crippen LogP contribution in [0.4, 0.5) is 0 Å². The SMILES string of the molecule is O=C(NC[C@H]1O[C@H](Cc2cc(COc3ccccc3)on2)CC[C@@H]1O)c1ccc2c(c1)OCO2. The molecule has 0 spiro atoms. The Morgan fingerprint density at radius 2 is 1.94 bits per heavy atom. The number of amides is 1. The lowest BCUT2D eigenvalue weighted by atomic mass is 9.98. The normalized spacial score (nSPS) is 21.3. The van der Waals surface area contributed by atoms with Gasteiger partial charge >= 0.3 is 0 Å². The number of hydrogen-bond donors (Lipinski definition) is 2. The fraction of sp³-hybridized carbons (Fsp3) is 0.360. The van der Waals surface area contributed by atoms with Crippen LogP contribution in [0.3, 0.4) is 0 Å². The van der Waals surface area contributed by atoms with Gasteiger partial charge in [0.05, 0.1) is 17.9 Å². The zero-order chi connectivity index (χ0) is 23.3. The van der Waals surface area contributed by atoms with Gasteiger partial charge in [-0.3, -0.25) is 4.79 Å². The van der Waals surface area contributed by atoms with Crippen LogP contribution in [0.1, 0.15) is 34.7 Å². The first-order chi connectivity index (χ1) is 16.6. The van der Waals surface area contributed by atoms with Crippen LogP contribution in [0.5, 0.6) is 17.2 Å². The lowest BCUT2D eigenvalue weighted by Crippen LogP contribution is -2.46. The summed E-state index contributed by atoms with van der Waals surface area (Å²) in [7, 11) is 0. The summed E-state index contributed by atoms with van der Waals surface area (Å²) in [4.78, 5) is 12.6. The van der Waals surface area contributed by atoms with Crippen molar-refractivity contribution in [1.29, 1.82) is 0 Å². The molecular formula is C25H26N2O7. The fourth-order valence-electron chi connectivity index (χ4n) is 4.04. The minimum Gasteiger partial charge on any atom is -0.486 e. The van der Waals surface area contributed by atoms with E-state index in [1.807, 2.05) is 36.4 Å². The number of rotatable bonds is 8. The molecule has 9 nitrogen and oxygen atoms in total. The predicted molar refractivity (Wildman–Crippen MR) is 120 cm³/mol. The lowest BCUT2D eigenvalue weighted by Gasteiger charge is -2.33. The summed E-state index contributed by atoms with van der Waals surface area (Å²) in [6, 6.07) is 16.4. The first-order valence-corrected chi connectivity index (χ1v) is 11.3. The molecule has 1 amide bonds. The van der Waals surface area contributed by atoms with Gasteiger partial charge in [-0.25, -0.2) is 0 Å². The number of nitrogens with zero attached hydrogens (tertiary/aromatic N) is 1. The summed E-state index contributed by atoms with van der Waals surface area (Å²) in [5, 5.41) is 17.3. The van der Waals surface area contributed by atoms with E-state index in [2.05, 4.69) is 10.5 Å². The maximum absolute atomic E-state index is 12.6. The van der Waals surface area contributed by atoms with Crippen LogP contribution in [0.2, 0.25) is 0 Å². The van der Waals surface area contributed by atoms with Gasteiger partial charge in [-0.15, -0.1) is 0 Å². The van der Waals surface area contributed by atoms with E-state index in [0.29, 0.717) is 42.1 Å². The minimum absolute atomic E-state index is 0.135. The highest BCUT2D eigenvalue weighted by Crippen LogP contribution is 2.32. The molecule has 2 aromatic carbocycles. The van der Waals surface area contributed by atoms with Gasteiger partial charge in [-0.2, -0.15) is 0 Å². The average Bonchev–Trinajstić information content (AvgIpc) is 3.52. The number of carbonyl (C=O) groups excluding carboxylic acids is 1. The van der Waals surface area contributed by atoms with Gasteiger partial charge in [0.25, 0.3) is 5.91 Å². The van der Waals surface area contributed by atoms with Crippen LogP contribution in [0.25, 0.3) is 0 Å². The average molecular weight is 466 g/mol. The third-order valence-corrected chi connectivity index (χ3v) is 5.85. The van der Waals surface area contributed by atoms with E-state index in [1.165, 1.54) is 0 Å². The van der Waals surface area contributed by atoms with Crippen LogP contribution < -0.4 is 19.5 Å². The molecule has 0 radical (unpaired) electrons. The van der Waals surface area contributed by atoms with Crippen molar-refractivity contribution >= 4 is 5.91 Å². The van der Waals surface area contributed by atoms with Gasteiger partial charge < -0.3 is 33.9 Å². The second-order valence-electron chi connectivity index (χ2n) is 8.31. The summed E-state index contributed by atoms with van der Waals surface area (Å²) in [5.41, 5.74) is 1.22. The smallest absolute Gasteiger partial charge is 0.251 e. The molecule has 0 saturated carbocycles. The molecule has 0 unspecified atom stereocenters. The third-order valence-electron chi connectivity index (χ3n) is 5.85. The predicted octanol–water partition coefficient (Wildman–Crippen LogP) is 2.86. The maximum Gasteiger partial charge on any atom is 0.251 e. The molecule has 3 atom stereocenters. The summed E-state index contributed by atoms with van der Waals surface area (Å²) < 4.78 is 27.7. The standard InChI is InChI=1S/C25H26N2O7/c28-21-8-7-19(11-17-12-20(34-27-17)14-30-18-4-2-1-3-5-18)33-24(21)13-26-25(29)16-6-9-22-23(10-16)32-15-31-22/h1-6,9-10,12,19,21,24,28H,7-8,11,13-15H2,(H,26,29)/t19-,21-,24+/m0/s1. The number of benzene rings is 2. The van der Waals surface area contributed by atoms with Crippen LogP contribution in [-0.4, -0.2) is 47.8 Å². The van der Waals surface area contributed by atoms with Crippen molar-refractivity contribution in [3.8, 4) is 17.2 Å². The van der Waals surface area contributed by atoms with E-state index in [-0.39, 0.29) is 32.0 Å². The van der Waals surface area contributed by atoms with Crippen LogP contribution >= 0.6 is 0 Å². The van der Waals surface area contributed by atoms with Gasteiger partial charge in [0.15, 0.2) is 17.3 Å². The molecule has 34 heavy (non-hydrogen) atoms. The Bertz CT molecular complexity index is 1120. The Balaban J connectivity index is 1.11. The van der Waals surface area contributed by atoms with Crippen molar-refractivity contribution in [2.24, 2.45) is 0 Å². The summed E-state index contributed by atoms with van der Waals surface area (Å²) in [5.74, 6) is 2.28. The van der Waals surface area contributed by atoms with E-state index in [1.54, 1.807) is 18.2 Å². The van der Waals surface area contributed by atoms with E-state index in [0.717, 1.165) is 11.4 Å². The van der Waals surface area contributed by atoms with Crippen LogP contribution in [0.15, 0.2) is 59.1 Å². The molecule has 9 heteroatoms. The van der Waals surface area contributed by atoms with Crippen molar-refractivity contribution in [3.63, 3.8) is 0 Å². The molecule has 2 N–H and O–H groups in total. The maximum atomic E-state index is 12.6. The molecule has 3 heterocycles. The number of aliphatic hydroxyl groups excluding tert-OH is 1. The number of fused-ring (bicyclic) bond motifs is 1. The fourth-order valence-corrected chi connectivity index (χ4v) is 4.04. The number of aliphatic hydroxyl groups is 1. The molecule has 0 aliphatic carbocycles. The molecule has 1 fully saturated rings. The minimum atomic E-state index is -0.652. The first-order valence-electron chi connectivity index (χ1n) is 11.3. The van der Waals surface area contributed by atoms with E-state index in [4.69, 9.17) is 23.5 Å². The highest BCUT2D eigenvalue weighted by molar-refractivity contribution is 5.94. The number of carbonyl (C=O) groups is 1. The van der Waals surface area contributed by atoms with Gasteiger partial charge in [0.1, 0.15) is 18.5 Å². The largest absolute Gasteiger partial charge is 0.486 e. The molecule has 1 saturated heterocycles. The van der Waals surface area contributed by atoms with Gasteiger partial charge in [0, 0.05) is 24.6 Å². The summed E-state index contributed by atoms with van der Waals surface area (Å²) >= 11 is 0. The van der Waals surface area contributed by atoms with Crippen molar-refractivity contribution in [3.05, 3.63) is 71.6 Å². The topological polar surface area (TPSA) is 112 Å². The molecule has 3 aromatic rings. The zero-order valence-electron chi connectivity index (χ0n) is 18.5. The van der Waals surface area contributed by atoms with Gasteiger partial charge in [-0.05, 0) is 43.2 Å². The number of ether oxygens (including phenoxy) is 4. The quantitative estimate of drug-likeness (QED) is 0.521. The highest BCUT2D eigenvalue weighted by Gasteiger charge is 2.31. The van der Waals surface area contributed by atoms with Gasteiger partial charge in [-0.1, -0.05) is 23.4 Å². The highest BCUT2D eigenvalue weighted by atomic mass is 16.7. The first kappa shape index (κ1) is 22.2. The Morgan fingerprint density at radius 3 is 2.82 bits per heavy atom. The molecule has 2 aliphatic rings. The Labute approximate surface area is 196 Å². The van der Waals surface area contributed by atoms with Crippen molar-refractivity contribution in [1.82, 2.24) is 10.5 Å². The second kappa shape index (κ2) is 10.1. The second-order valence-corrected chi connectivity index (χ2v) is 8.31. The Kier molecular flexibility index (Phi) is 6.64. The molecule has 2 aliphatic heterocycles. The molecule has 5 rings (SSSR count). The number of aromatic nitrogens is 1. The van der Waals surface area contributed by atoms with E-state index in [9.17, 15) is 9.90 Å². The zero-order valence-corrected chi connectivity index (χ0v) is 18.5. The number of hydrogen-bond acceptors (Lipinski definition) is 8. The summed E-state index contributed by atoms with van der Waals surface area (Å²) in [6.07, 6.45) is 0.524. The van der Waals surface area contributed by atoms with Gasteiger partial charge in [0.2, 0.25) is 6.79 Å². The lowest BCUT2D eigenvalue weighted by molar-refractivity contribution is -0.114. The molecule has 178 valence electrons. The molecule has 0 bridgehead atoms. The number of nitrogens with one attached hydrogen (secondary N) is 1. The van der Waals surface area contributed by atoms with E-state index < -0.39 is 12.2 Å². The Hall–Kier alpha value is -3.56. The van der Waals surface area contributed by atoms with Crippen molar-refractivity contribution < 1.29 is 33.4 Å². The third kappa shape index (κ3) is 5.32. The van der Waals surface area contributed by atoms with Crippen molar-refractivity contribution in [2.45, 2.75) is 44.2 Å². The van der Waals surface area contributed by atoms with Crippen LogP contribution in [-0.2, 0) is 17.8 Å². The van der Waals surface area contributed by atoms with E-state index >= 15 is 0 Å². The van der Waals surface area contributed by atoms with Crippen molar-refractivity contribution in [2.75, 3.05) is 13.3 Å². The Morgan fingerprint density at radius 1 is 1.09 bits per heavy atom. The molecular weight excluding hydrogens is 440 g/mol. The number of para-hydroxylation sites is 1. The molecule has 1 aromatic heterocycles. The summed E-state index contributed by atoms with van der Waals surface area (Å²) in [6.45, 7) is 0.632. The monoisotopic (exact) mass is 466 g/mol.